The maximum absolute atomic E-state index is 13.3. The lowest BCUT2D eigenvalue weighted by atomic mass is 10.0. The molecule has 0 aliphatic carbocycles. The fourth-order valence-electron chi connectivity index (χ4n) is 3.40. The fraction of sp³-hybridized carbons (Fsp3) is 0.167. The quantitative estimate of drug-likeness (QED) is 0.484. The van der Waals surface area contributed by atoms with Gasteiger partial charge < -0.3 is 9.30 Å². The van der Waals surface area contributed by atoms with Crippen molar-refractivity contribution in [3.63, 3.8) is 0 Å². The number of hydrogen-bond donors (Lipinski definition) is 0. The van der Waals surface area contributed by atoms with E-state index in [1.54, 1.807) is 10.6 Å². The summed E-state index contributed by atoms with van der Waals surface area (Å²) in [6.45, 7) is 4.26. The third-order valence-electron chi connectivity index (χ3n) is 4.88. The number of esters is 1. The zero-order chi connectivity index (χ0) is 21.7. The van der Waals surface area contributed by atoms with Crippen molar-refractivity contribution < 1.29 is 9.53 Å². The Balaban J connectivity index is 2.22. The molecule has 0 amide bonds. The largest absolute Gasteiger partial charge is 0.351 e. The number of nitriles is 2. The zero-order valence-electron chi connectivity index (χ0n) is 16.7. The average Bonchev–Trinajstić information content (AvgIpc) is 2.72. The van der Waals surface area contributed by atoms with Gasteiger partial charge in [-0.1, -0.05) is 54.1 Å². The van der Waals surface area contributed by atoms with Crippen molar-refractivity contribution in [2.45, 2.75) is 26.8 Å². The number of aromatic nitrogens is 1. The highest BCUT2D eigenvalue weighted by Crippen LogP contribution is 2.23. The van der Waals surface area contributed by atoms with Gasteiger partial charge >= 0.3 is 5.97 Å². The van der Waals surface area contributed by atoms with Crippen LogP contribution in [0.15, 0.2) is 59.4 Å². The first-order valence-corrected chi connectivity index (χ1v) is 9.31. The molecule has 0 saturated carbocycles. The van der Waals surface area contributed by atoms with Gasteiger partial charge in [0.2, 0.25) is 0 Å². The highest BCUT2D eigenvalue weighted by Gasteiger charge is 2.19. The molecule has 0 atom stereocenters. The Morgan fingerprint density at radius 3 is 2.40 bits per heavy atom. The van der Waals surface area contributed by atoms with Gasteiger partial charge in [-0.3, -0.25) is 9.59 Å². The topological polar surface area (TPSA) is 95.9 Å². The van der Waals surface area contributed by atoms with Crippen LogP contribution in [-0.4, -0.2) is 10.5 Å². The molecule has 3 aromatic rings. The molecular formula is C24H19N3O3. The highest BCUT2D eigenvalue weighted by molar-refractivity contribution is 5.75. The molecule has 0 aliphatic heterocycles. The predicted molar refractivity (Wildman–Crippen MR) is 111 cm³/mol. The number of rotatable bonds is 5. The van der Waals surface area contributed by atoms with Crippen molar-refractivity contribution >= 4 is 5.97 Å². The van der Waals surface area contributed by atoms with Crippen molar-refractivity contribution in [1.29, 1.82) is 10.5 Å². The SMILES string of the molecule is Cc1ccc(Cn2c(-c3ccccc3)cc(CC(=O)OC#N)c(C#N)c2=O)c(C)c1. The van der Waals surface area contributed by atoms with E-state index in [9.17, 15) is 14.9 Å². The van der Waals surface area contributed by atoms with Crippen LogP contribution in [0.2, 0.25) is 0 Å². The third kappa shape index (κ3) is 4.29. The first kappa shape index (κ1) is 20.6. The Morgan fingerprint density at radius 2 is 1.77 bits per heavy atom. The van der Waals surface area contributed by atoms with E-state index in [2.05, 4.69) is 4.74 Å². The number of aryl methyl sites for hydroxylation is 2. The summed E-state index contributed by atoms with van der Waals surface area (Å²) in [4.78, 5) is 25.1. The highest BCUT2D eigenvalue weighted by atomic mass is 16.5. The minimum absolute atomic E-state index is 0.130. The van der Waals surface area contributed by atoms with Gasteiger partial charge in [0.1, 0.15) is 11.6 Å². The second-order valence-electron chi connectivity index (χ2n) is 6.97. The van der Waals surface area contributed by atoms with Crippen molar-refractivity contribution in [2.75, 3.05) is 0 Å². The molecule has 0 bridgehead atoms. The summed E-state index contributed by atoms with van der Waals surface area (Å²) in [5.41, 5.74) is 4.10. The predicted octanol–water partition coefficient (Wildman–Crippen LogP) is 3.62. The van der Waals surface area contributed by atoms with Crippen LogP contribution in [-0.2, 0) is 22.5 Å². The van der Waals surface area contributed by atoms with Gasteiger partial charge in [0, 0.05) is 0 Å². The van der Waals surface area contributed by atoms with E-state index >= 15 is 0 Å². The zero-order valence-corrected chi connectivity index (χ0v) is 16.7. The summed E-state index contributed by atoms with van der Waals surface area (Å²) in [5.74, 6) is -0.820. The minimum atomic E-state index is -0.820. The Bertz CT molecular complexity index is 1250. The van der Waals surface area contributed by atoms with E-state index in [0.29, 0.717) is 5.69 Å². The number of nitrogens with zero attached hydrogens (tertiary/aromatic N) is 3. The normalized spacial score (nSPS) is 10.1. The smallest absolute Gasteiger partial charge is 0.326 e. The Labute approximate surface area is 174 Å². The Morgan fingerprint density at radius 1 is 1.03 bits per heavy atom. The van der Waals surface area contributed by atoms with Gasteiger partial charge in [-0.15, -0.1) is 5.26 Å². The maximum atomic E-state index is 13.3. The maximum Gasteiger partial charge on any atom is 0.326 e. The third-order valence-corrected chi connectivity index (χ3v) is 4.88. The Hall–Kier alpha value is -4.16. The number of hydrogen-bond acceptors (Lipinski definition) is 5. The summed E-state index contributed by atoms with van der Waals surface area (Å²) in [6, 6.07) is 18.8. The van der Waals surface area contributed by atoms with Crippen LogP contribution in [0.25, 0.3) is 11.3 Å². The molecule has 0 aliphatic rings. The standard InChI is InChI=1S/C24H19N3O3/c1-16-8-9-19(17(2)10-16)14-27-22(18-6-4-3-5-7-18)11-20(12-23(28)30-15-26)21(13-25)24(27)29/h3-11H,12,14H2,1-2H3. The van der Waals surface area contributed by atoms with Gasteiger partial charge in [0.25, 0.3) is 11.8 Å². The number of ether oxygens (including phenoxy) is 1. The van der Waals surface area contributed by atoms with Crippen LogP contribution >= 0.6 is 0 Å². The van der Waals surface area contributed by atoms with Gasteiger partial charge in [-0.05, 0) is 42.2 Å². The molecule has 0 radical (unpaired) electrons. The molecule has 3 rings (SSSR count). The van der Waals surface area contributed by atoms with E-state index in [4.69, 9.17) is 5.26 Å². The van der Waals surface area contributed by atoms with E-state index in [1.807, 2.05) is 68.4 Å². The van der Waals surface area contributed by atoms with Crippen molar-refractivity contribution in [3.8, 4) is 23.6 Å². The number of carbonyl (C=O) groups excluding carboxylic acids is 1. The van der Waals surface area contributed by atoms with E-state index in [0.717, 1.165) is 22.3 Å². The summed E-state index contributed by atoms with van der Waals surface area (Å²) < 4.78 is 5.88. The molecule has 148 valence electrons. The van der Waals surface area contributed by atoms with E-state index in [1.165, 1.54) is 6.26 Å². The molecule has 6 heteroatoms. The Kier molecular flexibility index (Phi) is 6.10. The molecule has 2 aromatic carbocycles. The molecular weight excluding hydrogens is 378 g/mol. The molecule has 0 saturated heterocycles. The van der Waals surface area contributed by atoms with Crippen LogP contribution in [0, 0.1) is 36.7 Å². The second-order valence-corrected chi connectivity index (χ2v) is 6.97. The molecule has 1 heterocycles. The lowest BCUT2D eigenvalue weighted by molar-refractivity contribution is -0.136. The van der Waals surface area contributed by atoms with Gasteiger partial charge in [-0.25, -0.2) is 0 Å². The van der Waals surface area contributed by atoms with Crippen molar-refractivity contribution in [2.24, 2.45) is 0 Å². The summed E-state index contributed by atoms with van der Waals surface area (Å²) in [6.07, 6.45) is 0.988. The average molecular weight is 397 g/mol. The first-order valence-electron chi connectivity index (χ1n) is 9.31. The van der Waals surface area contributed by atoms with Gasteiger partial charge in [0.15, 0.2) is 0 Å². The lowest BCUT2D eigenvalue weighted by Crippen LogP contribution is -2.27. The van der Waals surface area contributed by atoms with Gasteiger partial charge in [-0.2, -0.15) is 5.26 Å². The molecule has 0 fully saturated rings. The summed E-state index contributed by atoms with van der Waals surface area (Å²) in [5, 5.41) is 18.2. The van der Waals surface area contributed by atoms with Crippen molar-refractivity contribution in [1.82, 2.24) is 4.57 Å². The van der Waals surface area contributed by atoms with E-state index < -0.39 is 11.5 Å². The lowest BCUT2D eigenvalue weighted by Gasteiger charge is -2.17. The first-order chi connectivity index (χ1) is 14.4. The van der Waals surface area contributed by atoms with Crippen LogP contribution < -0.4 is 5.56 Å². The van der Waals surface area contributed by atoms with Crippen LogP contribution in [0.3, 0.4) is 0 Å². The fourth-order valence-corrected chi connectivity index (χ4v) is 3.40. The molecule has 30 heavy (non-hydrogen) atoms. The van der Waals surface area contributed by atoms with Crippen LogP contribution in [0.4, 0.5) is 0 Å². The second kappa shape index (κ2) is 8.89. The molecule has 6 nitrogen and oxygen atoms in total. The number of pyridine rings is 1. The summed E-state index contributed by atoms with van der Waals surface area (Å²) in [7, 11) is 0. The summed E-state index contributed by atoms with van der Waals surface area (Å²) >= 11 is 0. The van der Waals surface area contributed by atoms with Crippen molar-refractivity contribution in [3.05, 3.63) is 92.8 Å². The molecule has 0 spiro atoms. The minimum Gasteiger partial charge on any atom is -0.351 e. The number of benzene rings is 2. The van der Waals surface area contributed by atoms with E-state index in [-0.39, 0.29) is 24.1 Å². The van der Waals surface area contributed by atoms with Crippen LogP contribution in [0.5, 0.6) is 0 Å². The molecule has 1 aromatic heterocycles. The molecule has 0 N–H and O–H groups in total. The van der Waals surface area contributed by atoms with Crippen LogP contribution in [0.1, 0.15) is 27.8 Å². The van der Waals surface area contributed by atoms with Gasteiger partial charge in [0.05, 0.1) is 18.7 Å². The molecule has 0 unspecified atom stereocenters. The monoisotopic (exact) mass is 397 g/mol. The number of carbonyl (C=O) groups is 1.